The first-order valence-corrected chi connectivity index (χ1v) is 8.03. The molecule has 0 saturated heterocycles. The van der Waals surface area contributed by atoms with Gasteiger partial charge in [-0.2, -0.15) is 0 Å². The summed E-state index contributed by atoms with van der Waals surface area (Å²) in [5, 5.41) is 8.65. The van der Waals surface area contributed by atoms with Gasteiger partial charge >= 0.3 is 29.8 Å². The van der Waals surface area contributed by atoms with Gasteiger partial charge in [-0.15, -0.1) is 0 Å². The van der Waals surface area contributed by atoms with Crippen LogP contribution in [0.3, 0.4) is 0 Å². The molecule has 0 aromatic carbocycles. The lowest BCUT2D eigenvalue weighted by atomic mass is 10.3. The van der Waals surface area contributed by atoms with Crippen molar-refractivity contribution in [2.24, 2.45) is 0 Å². The van der Waals surface area contributed by atoms with E-state index < -0.39 is 54.3 Å². The highest BCUT2D eigenvalue weighted by Crippen LogP contribution is 2.06. The Balaban J connectivity index is 4.49. The number of hydrogen-bond donors (Lipinski definition) is 1. The molecule has 0 saturated carbocycles. The first-order chi connectivity index (χ1) is 12.0. The monoisotopic (exact) mass is 376 g/mol. The first-order valence-electron chi connectivity index (χ1n) is 8.03. The highest BCUT2D eigenvalue weighted by atomic mass is 16.6. The van der Waals surface area contributed by atoms with Crippen molar-refractivity contribution in [1.29, 1.82) is 0 Å². The molecule has 0 aromatic heterocycles. The fourth-order valence-corrected chi connectivity index (χ4v) is 1.47. The van der Waals surface area contributed by atoms with Crippen LogP contribution in [-0.2, 0) is 42.9 Å². The standard InChI is InChI=1S/C16H24O10/c1-6-7-12(17)23-9(3)14(20)25-11(5)16(22)26-10(4)15(21)24-8(2)13(18)19/h8-11H,6-7H2,1-5H3,(H,18,19)/t8-,9-,10-,11-/m0/s1. The summed E-state index contributed by atoms with van der Waals surface area (Å²) < 4.78 is 19.0. The zero-order valence-corrected chi connectivity index (χ0v) is 15.3. The third kappa shape index (κ3) is 8.45. The molecule has 0 aliphatic carbocycles. The van der Waals surface area contributed by atoms with E-state index in [4.69, 9.17) is 19.3 Å². The second-order valence-electron chi connectivity index (χ2n) is 5.46. The number of aliphatic carboxylic acids is 1. The molecule has 0 aliphatic heterocycles. The summed E-state index contributed by atoms with van der Waals surface area (Å²) in [4.78, 5) is 57.1. The van der Waals surface area contributed by atoms with Gasteiger partial charge in [-0.3, -0.25) is 4.79 Å². The Hall–Kier alpha value is -2.65. The molecule has 0 spiro atoms. The molecule has 148 valence electrons. The third-order valence-corrected chi connectivity index (χ3v) is 2.98. The number of esters is 4. The molecule has 0 unspecified atom stereocenters. The average molecular weight is 376 g/mol. The molecule has 0 heterocycles. The van der Waals surface area contributed by atoms with Crippen molar-refractivity contribution in [3.05, 3.63) is 0 Å². The number of carboxylic acid groups (broad SMARTS) is 1. The molecule has 10 nitrogen and oxygen atoms in total. The van der Waals surface area contributed by atoms with Crippen LogP contribution < -0.4 is 0 Å². The number of carbonyl (C=O) groups excluding carboxylic acids is 4. The van der Waals surface area contributed by atoms with Crippen molar-refractivity contribution in [1.82, 2.24) is 0 Å². The molecule has 1 N–H and O–H groups in total. The quantitative estimate of drug-likeness (QED) is 0.425. The van der Waals surface area contributed by atoms with E-state index in [1.807, 2.05) is 0 Å². The van der Waals surface area contributed by atoms with Crippen molar-refractivity contribution in [2.45, 2.75) is 71.9 Å². The minimum Gasteiger partial charge on any atom is -0.479 e. The van der Waals surface area contributed by atoms with E-state index in [2.05, 4.69) is 4.74 Å². The van der Waals surface area contributed by atoms with E-state index in [1.54, 1.807) is 6.92 Å². The Morgan fingerprint density at radius 1 is 0.692 bits per heavy atom. The summed E-state index contributed by atoms with van der Waals surface area (Å²) in [7, 11) is 0. The molecule has 0 rings (SSSR count). The molecular formula is C16H24O10. The minimum atomic E-state index is -1.41. The summed E-state index contributed by atoms with van der Waals surface area (Å²) in [6.45, 7) is 6.59. The van der Waals surface area contributed by atoms with Crippen molar-refractivity contribution in [3.8, 4) is 0 Å². The fraction of sp³-hybridized carbons (Fsp3) is 0.688. The van der Waals surface area contributed by atoms with Gasteiger partial charge in [-0.25, -0.2) is 19.2 Å². The maximum absolute atomic E-state index is 11.8. The number of ether oxygens (including phenoxy) is 4. The predicted molar refractivity (Wildman–Crippen MR) is 84.8 cm³/mol. The predicted octanol–water partition coefficient (Wildman–Crippen LogP) is 0.598. The average Bonchev–Trinajstić information content (AvgIpc) is 2.54. The van der Waals surface area contributed by atoms with E-state index >= 15 is 0 Å². The van der Waals surface area contributed by atoms with Crippen LogP contribution in [0.2, 0.25) is 0 Å². The first kappa shape index (κ1) is 23.4. The SMILES string of the molecule is CCCC(=O)O[C@@H](C)C(=O)O[C@@H](C)C(=O)O[C@@H](C)C(=O)O[C@@H](C)C(=O)O. The van der Waals surface area contributed by atoms with Crippen molar-refractivity contribution < 1.29 is 48.0 Å². The van der Waals surface area contributed by atoms with Crippen LogP contribution in [0.15, 0.2) is 0 Å². The molecule has 0 aromatic rings. The van der Waals surface area contributed by atoms with Gasteiger partial charge in [-0.05, 0) is 34.1 Å². The van der Waals surface area contributed by atoms with E-state index in [-0.39, 0.29) is 6.42 Å². The highest BCUT2D eigenvalue weighted by Gasteiger charge is 2.29. The van der Waals surface area contributed by atoms with Gasteiger partial charge in [0.15, 0.2) is 24.4 Å². The molecule has 4 atom stereocenters. The number of carbonyl (C=O) groups is 5. The highest BCUT2D eigenvalue weighted by molar-refractivity contribution is 5.85. The van der Waals surface area contributed by atoms with Crippen LogP contribution in [0.4, 0.5) is 0 Å². The lowest BCUT2D eigenvalue weighted by molar-refractivity contribution is -0.184. The lowest BCUT2D eigenvalue weighted by Gasteiger charge is -2.19. The van der Waals surface area contributed by atoms with Gasteiger partial charge in [0.1, 0.15) is 0 Å². The zero-order valence-electron chi connectivity index (χ0n) is 15.3. The molecule has 26 heavy (non-hydrogen) atoms. The molecule has 0 radical (unpaired) electrons. The Bertz CT molecular complexity index is 541. The van der Waals surface area contributed by atoms with E-state index in [0.717, 1.165) is 6.92 Å². The molecular weight excluding hydrogens is 352 g/mol. The maximum atomic E-state index is 11.8. The smallest absolute Gasteiger partial charge is 0.347 e. The van der Waals surface area contributed by atoms with Gasteiger partial charge in [0, 0.05) is 6.42 Å². The van der Waals surface area contributed by atoms with Gasteiger partial charge < -0.3 is 24.1 Å². The summed E-state index contributed by atoms with van der Waals surface area (Å²) in [5.74, 6) is -4.98. The topological polar surface area (TPSA) is 143 Å². The van der Waals surface area contributed by atoms with E-state index in [0.29, 0.717) is 6.42 Å². The summed E-state index contributed by atoms with van der Waals surface area (Å²) in [5.41, 5.74) is 0. The van der Waals surface area contributed by atoms with Crippen LogP contribution in [0.1, 0.15) is 47.5 Å². The van der Waals surface area contributed by atoms with Crippen LogP contribution in [0.25, 0.3) is 0 Å². The van der Waals surface area contributed by atoms with Crippen LogP contribution in [0.5, 0.6) is 0 Å². The lowest BCUT2D eigenvalue weighted by Crippen LogP contribution is -2.37. The van der Waals surface area contributed by atoms with Crippen molar-refractivity contribution in [2.75, 3.05) is 0 Å². The van der Waals surface area contributed by atoms with Crippen LogP contribution in [-0.4, -0.2) is 59.4 Å². The molecule has 0 amide bonds. The molecule has 0 bridgehead atoms. The Kier molecular flexibility index (Phi) is 9.93. The summed E-state index contributed by atoms with van der Waals surface area (Å²) >= 11 is 0. The number of rotatable bonds is 10. The number of hydrogen-bond acceptors (Lipinski definition) is 9. The maximum Gasteiger partial charge on any atom is 0.347 e. The second-order valence-corrected chi connectivity index (χ2v) is 5.46. The second kappa shape index (κ2) is 11.1. The Morgan fingerprint density at radius 2 is 1.04 bits per heavy atom. The Morgan fingerprint density at radius 3 is 1.38 bits per heavy atom. The summed E-state index contributed by atoms with van der Waals surface area (Å²) in [6.07, 6.45) is -4.69. The van der Waals surface area contributed by atoms with Crippen LogP contribution in [0, 0.1) is 0 Å². The van der Waals surface area contributed by atoms with Gasteiger partial charge in [0.05, 0.1) is 0 Å². The Labute approximate surface area is 150 Å². The molecule has 10 heteroatoms. The van der Waals surface area contributed by atoms with Crippen molar-refractivity contribution >= 4 is 29.8 Å². The fourth-order valence-electron chi connectivity index (χ4n) is 1.47. The minimum absolute atomic E-state index is 0.142. The van der Waals surface area contributed by atoms with E-state index in [1.165, 1.54) is 20.8 Å². The summed E-state index contributed by atoms with van der Waals surface area (Å²) in [6, 6.07) is 0. The van der Waals surface area contributed by atoms with Gasteiger partial charge in [0.2, 0.25) is 0 Å². The third-order valence-electron chi connectivity index (χ3n) is 2.98. The van der Waals surface area contributed by atoms with E-state index in [9.17, 15) is 24.0 Å². The molecule has 0 aliphatic rings. The zero-order chi connectivity index (χ0) is 20.4. The van der Waals surface area contributed by atoms with Gasteiger partial charge in [-0.1, -0.05) is 6.92 Å². The van der Waals surface area contributed by atoms with Crippen LogP contribution >= 0.6 is 0 Å². The molecule has 0 fully saturated rings. The number of carboxylic acids is 1. The van der Waals surface area contributed by atoms with Crippen molar-refractivity contribution in [3.63, 3.8) is 0 Å². The van der Waals surface area contributed by atoms with Gasteiger partial charge in [0.25, 0.3) is 0 Å². The largest absolute Gasteiger partial charge is 0.479 e. The normalized spacial score (nSPS) is 15.0.